The number of nitrogens with one attached hydrogen (secondary N) is 8. The first-order chi connectivity index (χ1) is 60.7. The Kier molecular flexibility index (Phi) is 28.4. The van der Waals surface area contributed by atoms with E-state index >= 15 is 0 Å². The molecule has 8 aromatic carbocycles. The fourth-order valence-corrected chi connectivity index (χ4v) is 14.9. The van der Waals surface area contributed by atoms with Gasteiger partial charge >= 0.3 is 0 Å². The molecular weight excluding hydrogens is 1620 g/mol. The number of carbonyl (C=O) groups excluding carboxylic acids is 4. The standard InChI is InChI=1S/C25H28FN5O3.C23H24FN5O3.C23H24FN5O2.C22H21FN4O2/c1-16-22-23(29-28-16)20-15-19(34-13-12-30(2)3)8-9-21(20)31(25(22)33)11-5-10-27-24(32)17-6-4-7-18(26)14-17;1-14-20-21(28-27-14)18-13-17(32-12-9-25)7-8-19(18)29(23(20)31)11-2-10-26-22(30)15-3-5-16(24)6-4-15;1-14-20-21(27-26-14)17-13-15(28(2)3)9-10-19(17)29(23(20)31)12-6-11-25-22(30)16-7-4-5-8-18(16)24;1-13-4-9-18-17(12-13)20-19(14(2)25-26-20)22(29)27(18)11-3-10-24-21(28)15-5-7-16(23)8-6-15/h4,6-9,14-15H,5,10-13H2,1-3H3,(H,27,32)(H,28,29);3-8,13H,2,9-12,25H2,1H3,(H,26,30)(H,27,28);4-5,7-10,13H,6,11-12H2,1-3H3,(H,25,30)(H,26,27);4-9,12H,3,10-11H2,1-2H3,(H,24,28)(H,25,26). The Morgan fingerprint density at radius 3 is 1.17 bits per heavy atom. The molecule has 4 amide bonds. The molecule has 126 heavy (non-hydrogen) atoms. The zero-order valence-corrected chi connectivity index (χ0v) is 71.1. The summed E-state index contributed by atoms with van der Waals surface area (Å²) in [6.07, 6.45) is 2.17. The maximum Gasteiger partial charge on any atom is 0.262 e. The van der Waals surface area contributed by atoms with Crippen molar-refractivity contribution in [2.24, 2.45) is 5.73 Å². The molecule has 16 rings (SSSR count). The molecule has 0 fully saturated rings. The van der Waals surface area contributed by atoms with Gasteiger partial charge < -0.3 is 64.5 Å². The predicted molar refractivity (Wildman–Crippen MR) is 481 cm³/mol. The molecular formula is C93H97F4N19O10. The number of fused-ring (bicyclic) bond motifs is 12. The molecule has 0 spiro atoms. The van der Waals surface area contributed by atoms with E-state index in [-0.39, 0.29) is 56.9 Å². The molecule has 0 bridgehead atoms. The molecule has 652 valence electrons. The molecule has 16 aromatic rings. The van der Waals surface area contributed by atoms with Gasteiger partial charge in [0.25, 0.3) is 45.9 Å². The largest absolute Gasteiger partial charge is 0.492 e. The molecule has 0 unspecified atom stereocenters. The minimum atomic E-state index is -0.556. The van der Waals surface area contributed by atoms with Gasteiger partial charge in [0.1, 0.15) is 70.0 Å². The van der Waals surface area contributed by atoms with Crippen molar-refractivity contribution < 1.29 is 46.2 Å². The van der Waals surface area contributed by atoms with E-state index in [0.29, 0.717) is 175 Å². The van der Waals surface area contributed by atoms with Gasteiger partial charge in [-0.1, -0.05) is 29.8 Å². The molecule has 0 saturated carbocycles. The number of hydrogen-bond donors (Lipinski definition) is 9. The summed E-state index contributed by atoms with van der Waals surface area (Å²) in [6.45, 7) is 14.5. The van der Waals surface area contributed by atoms with Crippen LogP contribution in [0.5, 0.6) is 11.5 Å². The molecule has 10 N–H and O–H groups in total. The van der Waals surface area contributed by atoms with Crippen LogP contribution < -0.4 is 63.6 Å². The predicted octanol–water partition coefficient (Wildman–Crippen LogP) is 12.2. The molecule has 0 radical (unpaired) electrons. The fraction of sp³-hybridized carbons (Fsp3) is 0.269. The van der Waals surface area contributed by atoms with Crippen molar-refractivity contribution in [1.29, 1.82) is 0 Å². The van der Waals surface area contributed by atoms with Crippen LogP contribution in [0.15, 0.2) is 189 Å². The monoisotopic (exact) mass is 1720 g/mol. The zero-order chi connectivity index (χ0) is 89.6. The minimum Gasteiger partial charge on any atom is -0.492 e. The Hall–Kier alpha value is -14.6. The summed E-state index contributed by atoms with van der Waals surface area (Å²) in [5.41, 5.74) is 16.7. The first-order valence-electron chi connectivity index (χ1n) is 41.1. The lowest BCUT2D eigenvalue weighted by atomic mass is 10.1. The van der Waals surface area contributed by atoms with Gasteiger partial charge in [-0.25, -0.2) is 17.6 Å². The Bertz CT molecular complexity index is 6990. The van der Waals surface area contributed by atoms with Crippen LogP contribution in [-0.4, -0.2) is 168 Å². The number of halogens is 4. The normalized spacial score (nSPS) is 11.3. The molecule has 0 aliphatic heterocycles. The summed E-state index contributed by atoms with van der Waals surface area (Å²) in [7, 11) is 7.89. The van der Waals surface area contributed by atoms with Crippen LogP contribution in [-0.2, 0) is 26.2 Å². The molecule has 29 nitrogen and oxygen atoms in total. The van der Waals surface area contributed by atoms with Gasteiger partial charge in [-0.05, 0) is 220 Å². The zero-order valence-electron chi connectivity index (χ0n) is 71.1. The summed E-state index contributed by atoms with van der Waals surface area (Å²) < 4.78 is 71.5. The Labute approximate surface area is 718 Å². The van der Waals surface area contributed by atoms with E-state index in [9.17, 15) is 55.9 Å². The molecule has 33 heteroatoms. The second kappa shape index (κ2) is 40.2. The third-order valence-electron chi connectivity index (χ3n) is 21.4. The average Bonchev–Trinajstić information content (AvgIpc) is 1.55. The summed E-state index contributed by atoms with van der Waals surface area (Å²) in [5, 5.41) is 45.8. The van der Waals surface area contributed by atoms with Crippen molar-refractivity contribution >= 4 is 117 Å². The summed E-state index contributed by atoms with van der Waals surface area (Å²) in [6, 6.07) is 45.1. The fourth-order valence-electron chi connectivity index (χ4n) is 14.9. The van der Waals surface area contributed by atoms with Crippen LogP contribution in [0.4, 0.5) is 23.2 Å². The van der Waals surface area contributed by atoms with Crippen LogP contribution in [0.2, 0.25) is 0 Å². The van der Waals surface area contributed by atoms with Gasteiger partial charge in [-0.15, -0.1) is 0 Å². The Balaban J connectivity index is 0.000000144. The van der Waals surface area contributed by atoms with Crippen molar-refractivity contribution in [2.75, 3.05) is 85.6 Å². The number of ether oxygens (including phenoxy) is 2. The number of nitrogens with zero attached hydrogens (tertiary/aromatic N) is 10. The highest BCUT2D eigenvalue weighted by atomic mass is 19.1. The van der Waals surface area contributed by atoms with E-state index in [1.165, 1.54) is 78.9 Å². The van der Waals surface area contributed by atoms with E-state index in [0.717, 1.165) is 72.8 Å². The van der Waals surface area contributed by atoms with Gasteiger partial charge in [0.05, 0.1) is 49.2 Å². The number of carbonyl (C=O) groups is 4. The van der Waals surface area contributed by atoms with Crippen LogP contribution >= 0.6 is 0 Å². The van der Waals surface area contributed by atoms with Crippen molar-refractivity contribution in [1.82, 2.24) is 85.2 Å². The van der Waals surface area contributed by atoms with Gasteiger partial charge in [0, 0.05) is 146 Å². The number of amides is 4. The van der Waals surface area contributed by atoms with Crippen LogP contribution in [0, 0.1) is 57.9 Å². The van der Waals surface area contributed by atoms with E-state index in [1.807, 2.05) is 139 Å². The SMILES string of the molecule is Cc1[nH]nc2c1c(=O)n(CCCNC(=O)c1ccc(F)cc1)c1ccc(OCCN)cc21.Cc1[nH]nc2c1c(=O)n(CCCNC(=O)c1cccc(F)c1)c1ccc(OCCN(C)C)cc21.Cc1[nH]nc2c1c(=O)n(CCCNC(=O)c1ccccc1F)c1ccc(N(C)C)cc21.Cc1ccc2c(c1)c1n[nH]c(C)c1c(=O)n2CCCNC(=O)c1ccc(F)cc1. The number of aryl methyl sites for hydroxylation is 9. The van der Waals surface area contributed by atoms with Crippen molar-refractivity contribution in [3.8, 4) is 11.5 Å². The molecule has 8 heterocycles. The van der Waals surface area contributed by atoms with Crippen LogP contribution in [0.1, 0.15) is 95.5 Å². The average molecular weight is 1720 g/mol. The smallest absolute Gasteiger partial charge is 0.262 e. The van der Waals surface area contributed by atoms with E-state index in [1.54, 1.807) is 42.5 Å². The molecule has 0 atom stereocenters. The van der Waals surface area contributed by atoms with Crippen molar-refractivity contribution in [3.63, 3.8) is 0 Å². The van der Waals surface area contributed by atoms with Crippen LogP contribution in [0.25, 0.3) is 87.2 Å². The number of rotatable bonds is 28. The Morgan fingerprint density at radius 2 is 0.770 bits per heavy atom. The van der Waals surface area contributed by atoms with Gasteiger partial charge in [-0.3, -0.25) is 58.8 Å². The van der Waals surface area contributed by atoms with E-state index in [2.05, 4.69) is 62.1 Å². The molecule has 0 aliphatic carbocycles. The summed E-state index contributed by atoms with van der Waals surface area (Å²) >= 11 is 0. The highest BCUT2D eigenvalue weighted by molar-refractivity contribution is 6.08. The topological polar surface area (TPSA) is 370 Å². The van der Waals surface area contributed by atoms with Crippen molar-refractivity contribution in [3.05, 3.63) is 285 Å². The highest BCUT2D eigenvalue weighted by Crippen LogP contribution is 2.32. The van der Waals surface area contributed by atoms with E-state index < -0.39 is 23.4 Å². The van der Waals surface area contributed by atoms with Crippen LogP contribution in [0.3, 0.4) is 0 Å². The van der Waals surface area contributed by atoms with E-state index in [4.69, 9.17) is 15.2 Å². The first kappa shape index (κ1) is 89.2. The first-order valence-corrected chi connectivity index (χ1v) is 41.1. The maximum atomic E-state index is 13.8. The molecule has 0 aliphatic rings. The van der Waals surface area contributed by atoms with Crippen molar-refractivity contribution in [2.45, 2.75) is 86.5 Å². The Morgan fingerprint density at radius 1 is 0.397 bits per heavy atom. The lowest BCUT2D eigenvalue weighted by molar-refractivity contribution is 0.0941. The number of nitrogens with two attached hydrogens (primary N) is 1. The second-order valence-corrected chi connectivity index (χ2v) is 30.8. The number of aromatic amines is 4. The lowest BCUT2D eigenvalue weighted by Gasteiger charge is -2.16. The summed E-state index contributed by atoms with van der Waals surface area (Å²) in [5.74, 6) is -1.79. The number of aromatic nitrogens is 12. The number of pyridine rings is 4. The quantitative estimate of drug-likeness (QED) is 0.0162. The molecule has 8 aromatic heterocycles. The van der Waals surface area contributed by atoms with Gasteiger partial charge in [0.2, 0.25) is 0 Å². The van der Waals surface area contributed by atoms with Gasteiger partial charge in [0.15, 0.2) is 0 Å². The number of hydrogen-bond acceptors (Lipinski definition) is 17. The third kappa shape index (κ3) is 20.2. The second-order valence-electron chi connectivity index (χ2n) is 30.8. The molecule has 0 saturated heterocycles. The third-order valence-corrected chi connectivity index (χ3v) is 21.4. The lowest BCUT2D eigenvalue weighted by Crippen LogP contribution is -2.28. The van der Waals surface area contributed by atoms with Gasteiger partial charge in [-0.2, -0.15) is 20.4 Å². The minimum absolute atomic E-state index is 0.0109. The highest BCUT2D eigenvalue weighted by Gasteiger charge is 2.23. The summed E-state index contributed by atoms with van der Waals surface area (Å²) in [4.78, 5) is 106. The number of anilines is 1. The maximum absolute atomic E-state index is 13.8. The number of likely N-dealkylation sites (N-methyl/N-ethyl adjacent to an activating group) is 1. The number of benzene rings is 8. The number of H-pyrrole nitrogens is 4.